The highest BCUT2D eigenvalue weighted by atomic mass is 32.2. The average molecular weight is 493 g/mol. The lowest BCUT2D eigenvalue weighted by atomic mass is 10.1. The zero-order valence-corrected chi connectivity index (χ0v) is 18.9. The van der Waals surface area contributed by atoms with Crippen LogP contribution in [0, 0.1) is 15.9 Å². The number of anilines is 1. The van der Waals surface area contributed by atoms with E-state index in [1.807, 2.05) is 18.2 Å². The summed E-state index contributed by atoms with van der Waals surface area (Å²) >= 11 is 0.745. The van der Waals surface area contributed by atoms with Crippen molar-refractivity contribution in [3.8, 4) is 17.2 Å². The van der Waals surface area contributed by atoms with Crippen LogP contribution in [0.3, 0.4) is 0 Å². The van der Waals surface area contributed by atoms with E-state index in [1.54, 1.807) is 12.1 Å². The smallest absolute Gasteiger partial charge is 0.283 e. The van der Waals surface area contributed by atoms with E-state index >= 15 is 0 Å². The van der Waals surface area contributed by atoms with E-state index in [1.165, 1.54) is 43.5 Å². The minimum atomic E-state index is -0.798. The Morgan fingerprint density at radius 2 is 1.86 bits per heavy atom. The summed E-state index contributed by atoms with van der Waals surface area (Å²) in [7, 11) is 1.38. The van der Waals surface area contributed by atoms with Crippen LogP contribution >= 0.6 is 11.8 Å². The fraction of sp³-hybridized carbons (Fsp3) is 0.0435. The fourth-order valence-electron chi connectivity index (χ4n) is 2.85. The van der Waals surface area contributed by atoms with Gasteiger partial charge in [-0.15, -0.1) is 10.2 Å². The molecule has 10 nitrogen and oxygen atoms in total. The number of aromatic nitrogens is 2. The molecule has 0 atom stereocenters. The number of hydrogen-bond acceptors (Lipinski definition) is 10. The molecule has 0 saturated carbocycles. The Hall–Kier alpha value is -4.58. The van der Waals surface area contributed by atoms with Gasteiger partial charge in [-0.3, -0.25) is 20.3 Å². The van der Waals surface area contributed by atoms with Crippen molar-refractivity contribution < 1.29 is 23.3 Å². The number of carbonyl (C=O) groups is 1. The van der Waals surface area contributed by atoms with Gasteiger partial charge in [0, 0.05) is 23.8 Å². The highest BCUT2D eigenvalue weighted by Gasteiger charge is 2.23. The van der Waals surface area contributed by atoms with Crippen LogP contribution in [0.5, 0.6) is 5.75 Å². The maximum atomic E-state index is 14.6. The van der Waals surface area contributed by atoms with Gasteiger partial charge in [-0.25, -0.2) is 4.39 Å². The lowest BCUT2D eigenvalue weighted by Crippen LogP contribution is -2.15. The number of hydrazone groups is 1. The van der Waals surface area contributed by atoms with Gasteiger partial charge in [0.25, 0.3) is 10.9 Å². The van der Waals surface area contributed by atoms with Crippen molar-refractivity contribution in [3.05, 3.63) is 94.3 Å². The number of ketones is 1. The first kappa shape index (κ1) is 23.6. The maximum absolute atomic E-state index is 14.6. The van der Waals surface area contributed by atoms with Crippen LogP contribution in [0.25, 0.3) is 11.5 Å². The normalized spacial score (nSPS) is 11.2. The van der Waals surface area contributed by atoms with Gasteiger partial charge in [0.2, 0.25) is 11.7 Å². The van der Waals surface area contributed by atoms with Crippen molar-refractivity contribution in [1.82, 2.24) is 10.2 Å². The molecule has 1 heterocycles. The van der Waals surface area contributed by atoms with Gasteiger partial charge in [-0.2, -0.15) is 5.10 Å². The number of rotatable bonds is 8. The molecule has 3 aromatic carbocycles. The predicted octanol–water partition coefficient (Wildman–Crippen LogP) is 5.19. The molecule has 0 radical (unpaired) electrons. The Bertz CT molecular complexity index is 1390. The summed E-state index contributed by atoms with van der Waals surface area (Å²) in [5.41, 5.74) is 3.35. The molecule has 12 heteroatoms. The highest BCUT2D eigenvalue weighted by Crippen LogP contribution is 2.27. The third-order valence-corrected chi connectivity index (χ3v) is 5.40. The fourth-order valence-corrected chi connectivity index (χ4v) is 3.51. The first-order valence-electron chi connectivity index (χ1n) is 9.98. The Kier molecular flexibility index (Phi) is 7.12. The number of halogens is 1. The number of nitro groups is 1. The lowest BCUT2D eigenvalue weighted by molar-refractivity contribution is -0.384. The third-order valence-electron chi connectivity index (χ3n) is 4.59. The van der Waals surface area contributed by atoms with Crippen LogP contribution in [0.4, 0.5) is 15.8 Å². The number of methoxy groups -OCH3 is 1. The Morgan fingerprint density at radius 3 is 2.51 bits per heavy atom. The number of nitrogens with zero attached hydrogens (tertiary/aromatic N) is 4. The van der Waals surface area contributed by atoms with Crippen LogP contribution in [0.1, 0.15) is 10.4 Å². The summed E-state index contributed by atoms with van der Waals surface area (Å²) < 4.78 is 25.2. The highest BCUT2D eigenvalue weighted by molar-refractivity contribution is 8.15. The van der Waals surface area contributed by atoms with E-state index in [0.29, 0.717) is 11.3 Å². The average Bonchev–Trinajstić information content (AvgIpc) is 3.35. The molecule has 4 aromatic rings. The van der Waals surface area contributed by atoms with Crippen molar-refractivity contribution in [2.75, 3.05) is 12.5 Å². The second-order valence-electron chi connectivity index (χ2n) is 6.85. The number of ether oxygens (including phenoxy) is 1. The monoisotopic (exact) mass is 493 g/mol. The van der Waals surface area contributed by atoms with Gasteiger partial charge in [-0.1, -0.05) is 18.2 Å². The quantitative estimate of drug-likeness (QED) is 0.0878. The number of nitrogens with one attached hydrogen (secondary N) is 1. The molecular weight excluding hydrogens is 477 g/mol. The molecule has 176 valence electrons. The van der Waals surface area contributed by atoms with E-state index in [9.17, 15) is 19.3 Å². The second-order valence-corrected chi connectivity index (χ2v) is 7.79. The summed E-state index contributed by atoms with van der Waals surface area (Å²) in [5, 5.41) is 22.7. The first-order chi connectivity index (χ1) is 16.9. The molecule has 1 aromatic heterocycles. The summed E-state index contributed by atoms with van der Waals surface area (Å²) in [4.78, 5) is 23.5. The second kappa shape index (κ2) is 10.6. The first-order valence-corrected chi connectivity index (χ1v) is 10.8. The molecule has 0 aliphatic heterocycles. The van der Waals surface area contributed by atoms with Crippen molar-refractivity contribution in [2.24, 2.45) is 5.10 Å². The molecule has 1 N–H and O–H groups in total. The van der Waals surface area contributed by atoms with E-state index in [0.717, 1.165) is 17.8 Å². The third kappa shape index (κ3) is 5.68. The number of thioether (sulfide) groups is 1. The zero-order chi connectivity index (χ0) is 24.8. The zero-order valence-electron chi connectivity index (χ0n) is 18.0. The molecule has 0 amide bonds. The summed E-state index contributed by atoms with van der Waals surface area (Å²) in [6, 6.07) is 18.2. The molecule has 35 heavy (non-hydrogen) atoms. The Balaban J connectivity index is 1.63. The SMILES string of the molecule is COc1ccc(C(=O)/C(=N/Nc2ccc([N+](=O)[O-])cc2)Sc2nnc(-c3ccccc3)o2)c(F)c1. The van der Waals surface area contributed by atoms with Crippen LogP contribution in [0.15, 0.2) is 87.5 Å². The summed E-state index contributed by atoms with van der Waals surface area (Å²) in [5.74, 6) is -1.06. The van der Waals surface area contributed by atoms with Crippen molar-refractivity contribution in [2.45, 2.75) is 5.22 Å². The topological polar surface area (TPSA) is 133 Å². The maximum Gasteiger partial charge on any atom is 0.283 e. The van der Waals surface area contributed by atoms with Crippen LogP contribution in [-0.4, -0.2) is 33.1 Å². The number of Topliss-reactive ketones (excluding diaryl/α,β-unsaturated/α-hetero) is 1. The standard InChI is InChI=1S/C23H16FN5O5S/c1-33-17-11-12-18(19(24)13-17)20(30)22(27-25-15-7-9-16(10-8-15)29(31)32)35-23-28-26-21(34-23)14-5-3-2-4-6-14/h2-13,25H,1H3/b27-22-. The van der Waals surface area contributed by atoms with Crippen LogP contribution < -0.4 is 10.2 Å². The molecule has 0 unspecified atom stereocenters. The number of carbonyl (C=O) groups excluding carboxylic acids is 1. The molecule has 0 saturated heterocycles. The van der Waals surface area contributed by atoms with Crippen molar-refractivity contribution >= 4 is 34.0 Å². The molecular formula is C23H16FN5O5S. The minimum absolute atomic E-state index is 0.00960. The van der Waals surface area contributed by atoms with Gasteiger partial charge in [0.1, 0.15) is 11.6 Å². The lowest BCUT2D eigenvalue weighted by Gasteiger charge is -2.07. The van der Waals surface area contributed by atoms with Gasteiger partial charge >= 0.3 is 0 Å². The summed E-state index contributed by atoms with van der Waals surface area (Å²) in [6.45, 7) is 0. The molecule has 0 aliphatic rings. The molecule has 0 bridgehead atoms. The van der Waals surface area contributed by atoms with Crippen molar-refractivity contribution in [3.63, 3.8) is 0 Å². The van der Waals surface area contributed by atoms with Gasteiger partial charge < -0.3 is 9.15 Å². The van der Waals surface area contributed by atoms with E-state index in [2.05, 4.69) is 20.7 Å². The van der Waals surface area contributed by atoms with Gasteiger partial charge in [0.15, 0.2) is 5.04 Å². The Morgan fingerprint density at radius 1 is 1.11 bits per heavy atom. The van der Waals surface area contributed by atoms with Crippen molar-refractivity contribution in [1.29, 1.82) is 0 Å². The molecule has 0 aliphatic carbocycles. The number of nitro benzene ring substituents is 1. The molecule has 0 spiro atoms. The number of non-ortho nitro benzene ring substituents is 1. The predicted molar refractivity (Wildman–Crippen MR) is 127 cm³/mol. The Labute approximate surface area is 202 Å². The number of benzene rings is 3. The van der Waals surface area contributed by atoms with Crippen LogP contribution in [0.2, 0.25) is 0 Å². The molecule has 0 fully saturated rings. The van der Waals surface area contributed by atoms with E-state index < -0.39 is 16.5 Å². The van der Waals surface area contributed by atoms with Gasteiger partial charge in [0.05, 0.1) is 23.3 Å². The minimum Gasteiger partial charge on any atom is -0.497 e. The van der Waals surface area contributed by atoms with E-state index in [4.69, 9.17) is 9.15 Å². The largest absolute Gasteiger partial charge is 0.497 e. The molecule has 4 rings (SSSR count). The van der Waals surface area contributed by atoms with Crippen LogP contribution in [-0.2, 0) is 0 Å². The number of hydrogen-bond donors (Lipinski definition) is 1. The van der Waals surface area contributed by atoms with E-state index in [-0.39, 0.29) is 33.2 Å². The summed E-state index contributed by atoms with van der Waals surface area (Å²) in [6.07, 6.45) is 0. The van der Waals surface area contributed by atoms with Gasteiger partial charge in [-0.05, 0) is 48.2 Å².